The second-order valence-corrected chi connectivity index (χ2v) is 0.890. The quantitative estimate of drug-likeness (QED) is 0.387. The van der Waals surface area contributed by atoms with Crippen LogP contribution in [0.15, 0.2) is 0 Å². The van der Waals surface area contributed by atoms with Crippen molar-refractivity contribution in [3.63, 3.8) is 0 Å². The van der Waals surface area contributed by atoms with E-state index in [0.717, 1.165) is 0 Å². The Bertz CT molecular complexity index is 78.6. The molecule has 0 rings (SSSR count). The summed E-state index contributed by atoms with van der Waals surface area (Å²) in [6.07, 6.45) is -4.98. The first-order chi connectivity index (χ1) is 3.42. The molecule has 0 aliphatic rings. The van der Waals surface area contributed by atoms with Crippen LogP contribution >= 0.6 is 0 Å². The van der Waals surface area contributed by atoms with Gasteiger partial charge < -0.3 is 11.5 Å². The molecular weight excluding hydrogens is 151 g/mol. The van der Waals surface area contributed by atoms with Gasteiger partial charge >= 0.3 is 43.2 Å². The van der Waals surface area contributed by atoms with Crippen LogP contribution < -0.4 is 29.6 Å². The Morgan fingerprint density at radius 3 is 1.67 bits per heavy atom. The van der Waals surface area contributed by atoms with Crippen molar-refractivity contribution in [2.24, 2.45) is 0 Å². The van der Waals surface area contributed by atoms with Crippen LogP contribution in [-0.2, 0) is 4.65 Å². The van der Waals surface area contributed by atoms with E-state index >= 15 is 0 Å². The van der Waals surface area contributed by atoms with Gasteiger partial charge in [-0.2, -0.15) is 0 Å². The minimum Gasteiger partial charge on any atom is -1.00 e. The van der Waals surface area contributed by atoms with E-state index in [1.165, 1.54) is 0 Å². The number of hydrogen-bond acceptors (Lipinski definition) is 3. The molecule has 0 saturated carbocycles. The minimum absolute atomic E-state index is 0. The number of hydrogen-bond donors (Lipinski definition) is 2. The molecule has 0 saturated heterocycles. The summed E-state index contributed by atoms with van der Waals surface area (Å²) in [7, 11) is -2.78. The molecule has 0 aliphatic heterocycles. The van der Waals surface area contributed by atoms with Gasteiger partial charge in [0.05, 0.1) is 0 Å². The van der Waals surface area contributed by atoms with Gasteiger partial charge in [-0.15, -0.1) is 13.2 Å². The molecule has 0 bridgehead atoms. The average molecular weight is 154 g/mol. The van der Waals surface area contributed by atoms with Gasteiger partial charge in [0.1, 0.15) is 0 Å². The van der Waals surface area contributed by atoms with Gasteiger partial charge in [0.25, 0.3) is 0 Å². The van der Waals surface area contributed by atoms with E-state index in [1.54, 1.807) is 0 Å². The Morgan fingerprint density at radius 1 is 1.33 bits per heavy atom. The van der Waals surface area contributed by atoms with Gasteiger partial charge in [-0.3, -0.25) is 4.65 Å². The summed E-state index contributed by atoms with van der Waals surface area (Å²) in [6, 6.07) is 0. The van der Waals surface area contributed by atoms with Gasteiger partial charge in [0, 0.05) is 0 Å². The SMILES string of the molecule is OB(O)OC(F)(F)F.[H-].[Na+]. The van der Waals surface area contributed by atoms with Crippen molar-refractivity contribution in [1.82, 2.24) is 0 Å². The van der Waals surface area contributed by atoms with Crippen LogP contribution in [0.3, 0.4) is 0 Å². The molecule has 3 nitrogen and oxygen atoms in total. The smallest absolute Gasteiger partial charge is 1.00 e. The summed E-state index contributed by atoms with van der Waals surface area (Å²) in [6.45, 7) is 0. The van der Waals surface area contributed by atoms with E-state index in [4.69, 9.17) is 10.0 Å². The van der Waals surface area contributed by atoms with E-state index in [9.17, 15) is 13.2 Å². The van der Waals surface area contributed by atoms with Crippen molar-refractivity contribution in [2.75, 3.05) is 0 Å². The zero-order chi connectivity index (χ0) is 6.78. The predicted molar refractivity (Wildman–Crippen MR) is 18.4 cm³/mol. The molecule has 0 fully saturated rings. The van der Waals surface area contributed by atoms with E-state index in [2.05, 4.69) is 4.65 Å². The monoisotopic (exact) mass is 154 g/mol. The Morgan fingerprint density at radius 2 is 1.67 bits per heavy atom. The summed E-state index contributed by atoms with van der Waals surface area (Å²) >= 11 is 0. The van der Waals surface area contributed by atoms with Gasteiger partial charge in [0.2, 0.25) is 0 Å². The first-order valence-corrected chi connectivity index (χ1v) is 1.52. The molecule has 0 spiro atoms. The fraction of sp³-hybridized carbons (Fsp3) is 1.00. The third-order valence-electron chi connectivity index (χ3n) is 0.239. The van der Waals surface area contributed by atoms with Gasteiger partial charge in [-0.25, -0.2) is 0 Å². The second-order valence-electron chi connectivity index (χ2n) is 0.890. The van der Waals surface area contributed by atoms with Crippen LogP contribution in [0.25, 0.3) is 0 Å². The number of rotatable bonds is 1. The van der Waals surface area contributed by atoms with Gasteiger partial charge in [0.15, 0.2) is 0 Å². The summed E-state index contributed by atoms with van der Waals surface area (Å²) < 4.78 is 34.8. The van der Waals surface area contributed by atoms with E-state index in [-0.39, 0.29) is 31.0 Å². The van der Waals surface area contributed by atoms with Crippen LogP contribution in [0.5, 0.6) is 0 Å². The molecule has 0 atom stereocenters. The summed E-state index contributed by atoms with van der Waals surface area (Å²) in [5.41, 5.74) is 0. The molecule has 0 amide bonds. The molecule has 2 N–H and O–H groups in total. The van der Waals surface area contributed by atoms with E-state index in [1.807, 2.05) is 0 Å². The van der Waals surface area contributed by atoms with Gasteiger partial charge in [-0.1, -0.05) is 0 Å². The van der Waals surface area contributed by atoms with Crippen molar-refractivity contribution in [3.05, 3.63) is 0 Å². The molecular formula is CH3BF3NaO3. The molecule has 0 unspecified atom stereocenters. The third-order valence-corrected chi connectivity index (χ3v) is 0.239. The van der Waals surface area contributed by atoms with E-state index < -0.39 is 13.7 Å². The van der Waals surface area contributed by atoms with Crippen molar-refractivity contribution in [1.29, 1.82) is 0 Å². The zero-order valence-electron chi connectivity index (χ0n) is 5.51. The molecule has 0 radical (unpaired) electrons. The molecule has 0 aromatic carbocycles. The van der Waals surface area contributed by atoms with Crippen LogP contribution in [0.2, 0.25) is 0 Å². The summed E-state index contributed by atoms with van der Waals surface area (Å²) in [5.74, 6) is 0. The fourth-order valence-corrected chi connectivity index (χ4v) is 0.120. The molecule has 0 aromatic rings. The van der Waals surface area contributed by atoms with Crippen molar-refractivity contribution >= 4 is 7.32 Å². The first kappa shape index (κ1) is 12.4. The average Bonchev–Trinajstić information content (AvgIpc) is 1.21. The molecule has 0 heterocycles. The largest absolute Gasteiger partial charge is 1.00 e. The predicted octanol–water partition coefficient (Wildman–Crippen LogP) is -3.39. The fourth-order valence-electron chi connectivity index (χ4n) is 0.120. The van der Waals surface area contributed by atoms with Crippen LogP contribution in [-0.4, -0.2) is 23.7 Å². The maximum Gasteiger partial charge on any atom is 1.00 e. The van der Waals surface area contributed by atoms with Crippen LogP contribution in [0.4, 0.5) is 13.2 Å². The van der Waals surface area contributed by atoms with Crippen molar-refractivity contribution in [2.45, 2.75) is 6.36 Å². The Balaban J connectivity index is -0.000000245. The summed E-state index contributed by atoms with van der Waals surface area (Å²) in [4.78, 5) is 0. The normalized spacial score (nSPS) is 10.3. The second kappa shape index (κ2) is 4.53. The maximum absolute atomic E-state index is 10.8. The van der Waals surface area contributed by atoms with Crippen molar-refractivity contribution < 1.29 is 58.9 Å². The molecule has 8 heteroatoms. The van der Waals surface area contributed by atoms with E-state index in [0.29, 0.717) is 0 Å². The molecule has 9 heavy (non-hydrogen) atoms. The Kier molecular flexibility index (Phi) is 6.26. The molecule has 0 aromatic heterocycles. The first-order valence-electron chi connectivity index (χ1n) is 1.52. The van der Waals surface area contributed by atoms with Crippen molar-refractivity contribution in [3.8, 4) is 0 Å². The summed E-state index contributed by atoms with van der Waals surface area (Å²) in [5, 5.41) is 15.0. The van der Waals surface area contributed by atoms with Crippen LogP contribution in [0, 0.1) is 0 Å². The van der Waals surface area contributed by atoms with Gasteiger partial charge in [-0.05, 0) is 0 Å². The Hall–Kier alpha value is 0.735. The zero-order valence-corrected chi connectivity index (χ0v) is 6.51. The standard InChI is InChI=1S/CH2BF3O3.Na.H/c3-1(4,5)8-2(6)7;;/h6-7H;;/q;+1;-1. The third kappa shape index (κ3) is 12.0. The number of halogens is 3. The topological polar surface area (TPSA) is 49.7 Å². The minimum atomic E-state index is -4.98. The molecule has 0 aliphatic carbocycles. The van der Waals surface area contributed by atoms with Crippen LogP contribution in [0.1, 0.15) is 1.43 Å². The maximum atomic E-state index is 10.8. The molecule has 50 valence electrons. The Labute approximate surface area is 72.8 Å². The number of alkyl halides is 3.